The van der Waals surface area contributed by atoms with Gasteiger partial charge in [0.25, 0.3) is 11.8 Å². The zero-order valence-electron chi connectivity index (χ0n) is 19.8. The summed E-state index contributed by atoms with van der Waals surface area (Å²) in [7, 11) is 0. The molecule has 0 atom stereocenters. The van der Waals surface area contributed by atoms with Crippen LogP contribution in [0.1, 0.15) is 18.1 Å². The minimum absolute atomic E-state index is 0.0994. The topological polar surface area (TPSA) is 80.6 Å². The number of nitrogens with zero attached hydrogens (tertiary/aromatic N) is 2. The number of aryl methyl sites for hydroxylation is 1. The largest absolute Gasteiger partial charge is 0.492 e. The van der Waals surface area contributed by atoms with Gasteiger partial charge in [0.2, 0.25) is 0 Å². The number of anilines is 1. The summed E-state index contributed by atoms with van der Waals surface area (Å²) >= 11 is 0. The SMILES string of the molecule is CCc1ccc(N2C(=O)NC(=O)C(=Cc3cn(CCOc4ccccc4)c4ccccc34)C2=O)cc1. The molecule has 0 aliphatic carbocycles. The highest BCUT2D eigenvalue weighted by Gasteiger charge is 2.37. The Bertz CT molecular complexity index is 1470. The fraction of sp³-hybridized carbons (Fsp3) is 0.138. The molecule has 7 heteroatoms. The maximum absolute atomic E-state index is 13.3. The van der Waals surface area contributed by atoms with Crippen LogP contribution in [0.4, 0.5) is 10.5 Å². The van der Waals surface area contributed by atoms with Crippen LogP contribution in [-0.2, 0) is 22.6 Å². The van der Waals surface area contributed by atoms with Gasteiger partial charge in [0.05, 0.1) is 12.2 Å². The van der Waals surface area contributed by atoms with Gasteiger partial charge in [0.15, 0.2) is 0 Å². The van der Waals surface area contributed by atoms with Crippen molar-refractivity contribution in [2.45, 2.75) is 19.9 Å². The van der Waals surface area contributed by atoms with E-state index in [0.29, 0.717) is 24.4 Å². The van der Waals surface area contributed by atoms with Gasteiger partial charge in [-0.3, -0.25) is 14.9 Å². The Labute approximate surface area is 208 Å². The van der Waals surface area contributed by atoms with Crippen molar-refractivity contribution in [3.63, 3.8) is 0 Å². The van der Waals surface area contributed by atoms with E-state index in [1.165, 1.54) is 0 Å². The van der Waals surface area contributed by atoms with E-state index in [0.717, 1.165) is 33.5 Å². The molecular formula is C29H25N3O4. The van der Waals surface area contributed by atoms with Gasteiger partial charge in [-0.05, 0) is 48.4 Å². The number of hydrogen-bond acceptors (Lipinski definition) is 4. The van der Waals surface area contributed by atoms with Gasteiger partial charge in [0, 0.05) is 22.7 Å². The number of aromatic nitrogens is 1. The lowest BCUT2D eigenvalue weighted by Gasteiger charge is -2.26. The first-order valence-electron chi connectivity index (χ1n) is 11.8. The number of benzene rings is 3. The molecule has 2 heterocycles. The predicted molar refractivity (Wildman–Crippen MR) is 139 cm³/mol. The second kappa shape index (κ2) is 9.92. The quantitative estimate of drug-likeness (QED) is 0.300. The van der Waals surface area contributed by atoms with Gasteiger partial charge in [-0.25, -0.2) is 9.69 Å². The smallest absolute Gasteiger partial charge is 0.335 e. The van der Waals surface area contributed by atoms with Gasteiger partial charge >= 0.3 is 6.03 Å². The number of ether oxygens (including phenoxy) is 1. The molecule has 180 valence electrons. The summed E-state index contributed by atoms with van der Waals surface area (Å²) in [6, 6.07) is 23.7. The number of para-hydroxylation sites is 2. The maximum atomic E-state index is 13.3. The van der Waals surface area contributed by atoms with Crippen molar-refractivity contribution in [2.24, 2.45) is 0 Å². The lowest BCUT2D eigenvalue weighted by Crippen LogP contribution is -2.54. The summed E-state index contributed by atoms with van der Waals surface area (Å²) in [5.41, 5.74) is 3.05. The fourth-order valence-electron chi connectivity index (χ4n) is 4.28. The Hall–Kier alpha value is -4.65. The third-order valence-corrected chi connectivity index (χ3v) is 6.17. The molecule has 0 unspecified atom stereocenters. The Balaban J connectivity index is 1.45. The Morgan fingerprint density at radius 2 is 1.61 bits per heavy atom. The van der Waals surface area contributed by atoms with E-state index >= 15 is 0 Å². The predicted octanol–water partition coefficient (Wildman–Crippen LogP) is 4.95. The number of hydrogen-bond donors (Lipinski definition) is 1. The molecule has 1 aromatic heterocycles. The van der Waals surface area contributed by atoms with Crippen LogP contribution in [0.3, 0.4) is 0 Å². The van der Waals surface area contributed by atoms with Crippen LogP contribution < -0.4 is 15.0 Å². The van der Waals surface area contributed by atoms with E-state index in [9.17, 15) is 14.4 Å². The summed E-state index contributed by atoms with van der Waals surface area (Å²) in [6.07, 6.45) is 4.28. The van der Waals surface area contributed by atoms with E-state index in [-0.39, 0.29) is 5.57 Å². The molecule has 36 heavy (non-hydrogen) atoms. The van der Waals surface area contributed by atoms with Crippen LogP contribution >= 0.6 is 0 Å². The summed E-state index contributed by atoms with van der Waals surface area (Å²) < 4.78 is 7.87. The molecule has 1 fully saturated rings. The highest BCUT2D eigenvalue weighted by molar-refractivity contribution is 6.39. The molecule has 1 aliphatic rings. The van der Waals surface area contributed by atoms with Crippen LogP contribution in [0.2, 0.25) is 0 Å². The van der Waals surface area contributed by atoms with E-state index < -0.39 is 17.8 Å². The van der Waals surface area contributed by atoms with Crippen molar-refractivity contribution in [1.29, 1.82) is 0 Å². The molecule has 0 saturated carbocycles. The normalized spacial score (nSPS) is 15.0. The first-order valence-corrected chi connectivity index (χ1v) is 11.8. The molecule has 4 amide bonds. The second-order valence-corrected chi connectivity index (χ2v) is 8.43. The zero-order chi connectivity index (χ0) is 25.1. The Kier molecular flexibility index (Phi) is 6.36. The lowest BCUT2D eigenvalue weighted by molar-refractivity contribution is -0.122. The average Bonchev–Trinajstić information content (AvgIpc) is 3.25. The molecule has 1 aliphatic heterocycles. The number of fused-ring (bicyclic) bond motifs is 1. The summed E-state index contributed by atoms with van der Waals surface area (Å²) in [6.45, 7) is 3.05. The van der Waals surface area contributed by atoms with E-state index in [4.69, 9.17) is 4.74 Å². The van der Waals surface area contributed by atoms with Gasteiger partial charge in [-0.15, -0.1) is 0 Å². The fourth-order valence-corrected chi connectivity index (χ4v) is 4.28. The molecule has 0 bridgehead atoms. The van der Waals surface area contributed by atoms with Crippen molar-refractivity contribution in [1.82, 2.24) is 9.88 Å². The van der Waals surface area contributed by atoms with E-state index in [2.05, 4.69) is 5.32 Å². The van der Waals surface area contributed by atoms with Crippen molar-refractivity contribution in [2.75, 3.05) is 11.5 Å². The maximum Gasteiger partial charge on any atom is 0.335 e. The van der Waals surface area contributed by atoms with Crippen molar-refractivity contribution in [3.05, 3.63) is 102 Å². The van der Waals surface area contributed by atoms with Crippen LogP contribution in [0.25, 0.3) is 17.0 Å². The third-order valence-electron chi connectivity index (χ3n) is 6.17. The summed E-state index contributed by atoms with van der Waals surface area (Å²) in [5.74, 6) is -0.578. The Morgan fingerprint density at radius 3 is 2.36 bits per heavy atom. The van der Waals surface area contributed by atoms with Crippen LogP contribution in [0, 0.1) is 0 Å². The van der Waals surface area contributed by atoms with Crippen molar-refractivity contribution >= 4 is 40.5 Å². The van der Waals surface area contributed by atoms with E-state index in [1.54, 1.807) is 18.2 Å². The number of rotatable bonds is 7. The summed E-state index contributed by atoms with van der Waals surface area (Å²) in [5, 5.41) is 3.19. The monoisotopic (exact) mass is 479 g/mol. The number of amides is 4. The minimum atomic E-state index is -0.758. The first kappa shape index (κ1) is 23.1. The van der Waals surface area contributed by atoms with Crippen LogP contribution in [-0.4, -0.2) is 29.0 Å². The molecule has 4 aromatic rings. The number of carbonyl (C=O) groups is 3. The first-order chi connectivity index (χ1) is 17.5. The molecule has 7 nitrogen and oxygen atoms in total. The number of urea groups is 1. The lowest BCUT2D eigenvalue weighted by atomic mass is 10.1. The van der Waals surface area contributed by atoms with Crippen LogP contribution in [0.5, 0.6) is 5.75 Å². The number of barbiturate groups is 1. The number of carbonyl (C=O) groups excluding carboxylic acids is 3. The number of imide groups is 2. The highest BCUT2D eigenvalue weighted by Crippen LogP contribution is 2.27. The highest BCUT2D eigenvalue weighted by atomic mass is 16.5. The van der Waals surface area contributed by atoms with Crippen molar-refractivity contribution in [3.8, 4) is 5.75 Å². The zero-order valence-corrected chi connectivity index (χ0v) is 19.8. The minimum Gasteiger partial charge on any atom is -0.492 e. The standard InChI is InChI=1S/C29H25N3O4/c1-2-20-12-14-22(15-13-20)32-28(34)25(27(33)30-29(32)35)18-21-19-31(26-11-7-6-10-24(21)26)16-17-36-23-8-4-3-5-9-23/h3-15,18-19H,2,16-17H2,1H3,(H,30,33,35). The molecular weight excluding hydrogens is 454 g/mol. The number of nitrogens with one attached hydrogen (secondary N) is 1. The van der Waals surface area contributed by atoms with Gasteiger partial charge in [-0.1, -0.05) is 55.5 Å². The van der Waals surface area contributed by atoms with Crippen molar-refractivity contribution < 1.29 is 19.1 Å². The second-order valence-electron chi connectivity index (χ2n) is 8.43. The molecule has 0 radical (unpaired) electrons. The van der Waals surface area contributed by atoms with E-state index in [1.807, 2.05) is 84.4 Å². The molecule has 5 rings (SSSR count). The molecule has 1 N–H and O–H groups in total. The van der Waals surface area contributed by atoms with Gasteiger partial charge in [-0.2, -0.15) is 0 Å². The molecule has 3 aromatic carbocycles. The average molecular weight is 480 g/mol. The van der Waals surface area contributed by atoms with Gasteiger partial charge in [0.1, 0.15) is 17.9 Å². The Morgan fingerprint density at radius 1 is 0.889 bits per heavy atom. The molecule has 0 spiro atoms. The molecule has 1 saturated heterocycles. The van der Waals surface area contributed by atoms with Gasteiger partial charge < -0.3 is 9.30 Å². The third kappa shape index (κ3) is 4.51. The van der Waals surface area contributed by atoms with Crippen LogP contribution in [0.15, 0.2) is 90.6 Å². The summed E-state index contributed by atoms with van der Waals surface area (Å²) in [4.78, 5) is 39.6.